The Morgan fingerprint density at radius 3 is 2.67 bits per heavy atom. The summed E-state index contributed by atoms with van der Waals surface area (Å²) in [5.41, 5.74) is 1.14. The molecule has 0 heterocycles. The first-order chi connectivity index (χ1) is 4.43. The largest absolute Gasteiger partial charge is 0.410 e. The Labute approximate surface area is 55.0 Å². The summed E-state index contributed by atoms with van der Waals surface area (Å²) in [4.78, 5) is 0. The normalized spacial score (nSPS) is 14.6. The maximum atomic E-state index is 8.38. The van der Waals surface area contributed by atoms with Crippen LogP contribution in [0.3, 0.4) is 0 Å². The third kappa shape index (κ3) is 1.78. The van der Waals surface area contributed by atoms with Gasteiger partial charge in [0.15, 0.2) is 0 Å². The lowest BCUT2D eigenvalue weighted by atomic mass is 10.2. The van der Waals surface area contributed by atoms with Crippen molar-refractivity contribution in [3.05, 3.63) is 42.4 Å². The molecule has 0 aliphatic heterocycles. The van der Waals surface area contributed by atoms with Crippen LogP contribution >= 0.6 is 0 Å². The molecule has 0 amide bonds. The number of hydrogen-bond acceptors (Lipinski definition) is 1. The van der Waals surface area contributed by atoms with Crippen molar-refractivity contribution in [2.24, 2.45) is 0 Å². The fourth-order valence-electron chi connectivity index (χ4n) is 0.689. The van der Waals surface area contributed by atoms with Crippen LogP contribution in [0.15, 0.2) is 36.0 Å². The minimum absolute atomic E-state index is 0.116. The van der Waals surface area contributed by atoms with E-state index in [9.17, 15) is 0 Å². The van der Waals surface area contributed by atoms with E-state index in [2.05, 4.69) is 0 Å². The highest BCUT2D eigenvalue weighted by Crippen LogP contribution is 2.06. The summed E-state index contributed by atoms with van der Waals surface area (Å²) < 4.78 is 0. The number of allylic oxidation sites excluding steroid dienone is 5. The van der Waals surface area contributed by atoms with Crippen LogP contribution < -0.4 is 0 Å². The molecular weight excluding hydrogens is 112 g/mol. The average Bonchev–Trinajstić information content (AvgIpc) is 2.34. The Bertz CT molecular complexity index is 149. The zero-order chi connectivity index (χ0) is 6.53. The van der Waals surface area contributed by atoms with Gasteiger partial charge >= 0.3 is 0 Å². The number of hydrogen-bond donors (Lipinski definition) is 1. The van der Waals surface area contributed by atoms with Crippen LogP contribution in [0.4, 0.5) is 0 Å². The Morgan fingerprint density at radius 1 is 1.44 bits per heavy atom. The summed E-state index contributed by atoms with van der Waals surface area (Å²) in [5.74, 6) is 0. The highest BCUT2D eigenvalue weighted by molar-refractivity contribution is 5.41. The fraction of sp³-hybridized carbons (Fsp3) is 0.125. The van der Waals surface area contributed by atoms with Crippen molar-refractivity contribution in [2.75, 3.05) is 6.61 Å². The molecule has 9 heavy (non-hydrogen) atoms. The van der Waals surface area contributed by atoms with E-state index in [1.807, 2.05) is 30.4 Å². The van der Waals surface area contributed by atoms with Crippen molar-refractivity contribution in [1.82, 2.24) is 0 Å². The summed E-state index contributed by atoms with van der Waals surface area (Å²) in [6, 6.07) is 0. The quantitative estimate of drug-likeness (QED) is 0.545. The second-order valence-corrected chi connectivity index (χ2v) is 1.80. The van der Waals surface area contributed by atoms with Crippen LogP contribution in [0.1, 0.15) is 0 Å². The Kier molecular flexibility index (Phi) is 2.16. The molecule has 48 valence electrons. The van der Waals surface area contributed by atoms with E-state index in [4.69, 9.17) is 5.11 Å². The van der Waals surface area contributed by atoms with E-state index in [-0.39, 0.29) is 6.61 Å². The van der Waals surface area contributed by atoms with Crippen LogP contribution in [-0.2, 0) is 0 Å². The minimum Gasteiger partial charge on any atom is -0.410 e. The van der Waals surface area contributed by atoms with Gasteiger partial charge < -0.3 is 5.11 Å². The van der Waals surface area contributed by atoms with Gasteiger partial charge in [-0.15, -0.1) is 12.2 Å². The maximum absolute atomic E-state index is 8.38. The van der Waals surface area contributed by atoms with Crippen molar-refractivity contribution in [2.45, 2.75) is 0 Å². The molecule has 0 aromatic carbocycles. The highest BCUT2D eigenvalue weighted by Gasteiger charge is 1.77. The van der Waals surface area contributed by atoms with E-state index < -0.39 is 0 Å². The molecule has 0 spiro atoms. The molecule has 0 saturated carbocycles. The molecule has 1 aliphatic carbocycles. The molecule has 0 radical (unpaired) electrons. The molecule has 1 N–H and O–H groups in total. The van der Waals surface area contributed by atoms with Crippen molar-refractivity contribution in [1.29, 1.82) is 0 Å². The van der Waals surface area contributed by atoms with Gasteiger partial charge in [-0.1, -0.05) is 12.2 Å². The van der Waals surface area contributed by atoms with Gasteiger partial charge in [0.05, 0.1) is 0 Å². The van der Waals surface area contributed by atoms with Gasteiger partial charge in [-0.25, -0.2) is 12.5 Å². The lowest BCUT2D eigenvalue weighted by Gasteiger charge is -1.99. The SMILES string of the molecule is OC[CH-]C=C1C=CC=C1. The molecule has 1 heteroatoms. The van der Waals surface area contributed by atoms with E-state index in [0.29, 0.717) is 0 Å². The van der Waals surface area contributed by atoms with Crippen LogP contribution in [0.2, 0.25) is 0 Å². The molecular formula is C8H9O-. The fourth-order valence-corrected chi connectivity index (χ4v) is 0.689. The van der Waals surface area contributed by atoms with Crippen molar-refractivity contribution in [3.8, 4) is 0 Å². The summed E-state index contributed by atoms with van der Waals surface area (Å²) in [6.45, 7) is 0.116. The zero-order valence-corrected chi connectivity index (χ0v) is 5.12. The number of rotatable bonds is 2. The molecule has 0 saturated heterocycles. The Morgan fingerprint density at radius 2 is 2.11 bits per heavy atom. The molecule has 0 atom stereocenters. The third-order valence-electron chi connectivity index (χ3n) is 1.10. The van der Waals surface area contributed by atoms with Crippen LogP contribution in [0, 0.1) is 6.42 Å². The van der Waals surface area contributed by atoms with Gasteiger partial charge in [0.25, 0.3) is 0 Å². The topological polar surface area (TPSA) is 20.2 Å². The summed E-state index contributed by atoms with van der Waals surface area (Å²) in [6.07, 6.45) is 11.5. The maximum Gasteiger partial charge on any atom is -0.00305 e. The Balaban J connectivity index is 2.42. The standard InChI is InChI=1S/C8H9O/c9-7-3-6-8-4-1-2-5-8/h1-6,9H,7H2/q-1. The monoisotopic (exact) mass is 121 g/mol. The van der Waals surface area contributed by atoms with Crippen LogP contribution in [-0.4, -0.2) is 11.7 Å². The van der Waals surface area contributed by atoms with Gasteiger partial charge in [-0.3, -0.25) is 0 Å². The average molecular weight is 121 g/mol. The second-order valence-electron chi connectivity index (χ2n) is 1.80. The molecule has 1 aliphatic rings. The van der Waals surface area contributed by atoms with Gasteiger partial charge in [-0.2, -0.15) is 5.57 Å². The number of aliphatic hydroxyl groups is 1. The van der Waals surface area contributed by atoms with Crippen molar-refractivity contribution in [3.63, 3.8) is 0 Å². The molecule has 1 nitrogen and oxygen atoms in total. The first kappa shape index (κ1) is 6.17. The van der Waals surface area contributed by atoms with Gasteiger partial charge in [0.2, 0.25) is 0 Å². The zero-order valence-electron chi connectivity index (χ0n) is 5.12. The minimum atomic E-state index is 0.116. The van der Waals surface area contributed by atoms with Gasteiger partial charge in [-0.05, 0) is 6.61 Å². The molecule has 1 rings (SSSR count). The number of aliphatic hydroxyl groups excluding tert-OH is 1. The van der Waals surface area contributed by atoms with E-state index in [1.54, 1.807) is 6.42 Å². The Hall–Kier alpha value is -0.950. The highest BCUT2D eigenvalue weighted by atomic mass is 16.2. The predicted octanol–water partition coefficient (Wildman–Crippen LogP) is 1.24. The second kappa shape index (κ2) is 3.15. The van der Waals surface area contributed by atoms with Gasteiger partial charge in [0.1, 0.15) is 0 Å². The summed E-state index contributed by atoms with van der Waals surface area (Å²) >= 11 is 0. The molecule has 0 aromatic heterocycles. The lowest BCUT2D eigenvalue weighted by molar-refractivity contribution is 0.332. The van der Waals surface area contributed by atoms with Crippen molar-refractivity contribution < 1.29 is 5.11 Å². The first-order valence-corrected chi connectivity index (χ1v) is 2.92. The molecule has 0 aromatic rings. The molecule has 0 unspecified atom stereocenters. The van der Waals surface area contributed by atoms with Crippen molar-refractivity contribution >= 4 is 0 Å². The molecule has 0 fully saturated rings. The smallest absolute Gasteiger partial charge is 0.00305 e. The van der Waals surface area contributed by atoms with E-state index >= 15 is 0 Å². The van der Waals surface area contributed by atoms with E-state index in [1.165, 1.54) is 0 Å². The first-order valence-electron chi connectivity index (χ1n) is 2.92. The summed E-state index contributed by atoms with van der Waals surface area (Å²) in [7, 11) is 0. The predicted molar refractivity (Wildman–Crippen MR) is 37.7 cm³/mol. The van der Waals surface area contributed by atoms with Crippen LogP contribution in [0.25, 0.3) is 0 Å². The van der Waals surface area contributed by atoms with E-state index in [0.717, 1.165) is 5.57 Å². The summed E-state index contributed by atoms with van der Waals surface area (Å²) in [5, 5.41) is 8.38. The van der Waals surface area contributed by atoms with Crippen LogP contribution in [0.5, 0.6) is 0 Å². The molecule has 0 bridgehead atoms. The third-order valence-corrected chi connectivity index (χ3v) is 1.10. The lowest BCUT2D eigenvalue weighted by Crippen LogP contribution is -1.78. The van der Waals surface area contributed by atoms with Gasteiger partial charge in [0, 0.05) is 0 Å².